The number of aliphatic hydroxyl groups is 1. The third kappa shape index (κ3) is 2.28. The fourth-order valence-corrected chi connectivity index (χ4v) is 2.90. The summed E-state index contributed by atoms with van der Waals surface area (Å²) >= 11 is 0. The highest BCUT2D eigenvalue weighted by molar-refractivity contribution is 5.17. The Morgan fingerprint density at radius 3 is 3.17 bits per heavy atom. The molecule has 0 aromatic carbocycles. The van der Waals surface area contributed by atoms with Gasteiger partial charge in [-0.3, -0.25) is 9.88 Å². The lowest BCUT2D eigenvalue weighted by Crippen LogP contribution is -2.48. The minimum atomic E-state index is -0.570. The Morgan fingerprint density at radius 1 is 1.50 bits per heavy atom. The molecule has 2 aliphatic rings. The summed E-state index contributed by atoms with van der Waals surface area (Å²) in [5.74, 6) is 0. The molecule has 0 saturated carbocycles. The number of nitrogens with zero attached hydrogens (tertiary/aromatic N) is 2. The molecule has 4 heteroatoms. The molecule has 2 saturated heterocycles. The number of aryl methyl sites for hydroxylation is 1. The molecule has 1 aromatic rings. The first kappa shape index (κ1) is 12.1. The van der Waals surface area contributed by atoms with Crippen molar-refractivity contribution in [3.63, 3.8) is 0 Å². The Hall–Kier alpha value is -0.970. The molecule has 0 bridgehead atoms. The second kappa shape index (κ2) is 4.96. The zero-order valence-electron chi connectivity index (χ0n) is 10.7. The Balaban J connectivity index is 1.69. The molecule has 98 valence electrons. The molecule has 4 nitrogen and oxygen atoms in total. The van der Waals surface area contributed by atoms with Gasteiger partial charge >= 0.3 is 0 Å². The molecule has 3 heterocycles. The van der Waals surface area contributed by atoms with Crippen molar-refractivity contribution >= 4 is 0 Å². The predicted octanol–water partition coefficient (Wildman–Crippen LogP) is 1.29. The van der Waals surface area contributed by atoms with Gasteiger partial charge in [-0.05, 0) is 32.4 Å². The molecule has 18 heavy (non-hydrogen) atoms. The maximum absolute atomic E-state index is 10.4. The number of aromatic nitrogens is 1. The van der Waals surface area contributed by atoms with E-state index < -0.39 is 6.10 Å². The summed E-state index contributed by atoms with van der Waals surface area (Å²) in [5, 5.41) is 10.4. The molecular weight excluding hydrogens is 228 g/mol. The molecule has 2 fully saturated rings. The van der Waals surface area contributed by atoms with Crippen LogP contribution in [0.15, 0.2) is 18.3 Å². The summed E-state index contributed by atoms with van der Waals surface area (Å²) < 4.78 is 5.82. The van der Waals surface area contributed by atoms with Crippen molar-refractivity contribution in [3.05, 3.63) is 29.6 Å². The molecule has 2 aliphatic heterocycles. The van der Waals surface area contributed by atoms with E-state index in [0.717, 1.165) is 31.0 Å². The van der Waals surface area contributed by atoms with Crippen LogP contribution in [-0.2, 0) is 4.74 Å². The van der Waals surface area contributed by atoms with E-state index in [1.165, 1.54) is 12.8 Å². The number of morpholine rings is 1. The molecular formula is C14H20N2O2. The van der Waals surface area contributed by atoms with Crippen LogP contribution in [0, 0.1) is 6.92 Å². The maximum atomic E-state index is 10.4. The third-order valence-electron chi connectivity index (χ3n) is 4.04. The van der Waals surface area contributed by atoms with Crippen molar-refractivity contribution in [2.45, 2.75) is 38.0 Å². The van der Waals surface area contributed by atoms with Gasteiger partial charge in [-0.2, -0.15) is 0 Å². The molecule has 1 N–H and O–H groups in total. The zero-order chi connectivity index (χ0) is 12.5. The predicted molar refractivity (Wildman–Crippen MR) is 68.3 cm³/mol. The van der Waals surface area contributed by atoms with Crippen LogP contribution in [0.5, 0.6) is 0 Å². The number of hydrogen-bond acceptors (Lipinski definition) is 4. The van der Waals surface area contributed by atoms with Gasteiger partial charge in [-0.15, -0.1) is 0 Å². The standard InChI is InChI=1S/C14H20N2O2/c1-10-4-5-11(7-15-10)14(17)13-8-16-6-2-3-12(16)9-18-13/h4-5,7,12-14,17H,2-3,6,8-9H2,1H3. The number of rotatable bonds is 2. The van der Waals surface area contributed by atoms with Crippen LogP contribution < -0.4 is 0 Å². The lowest BCUT2D eigenvalue weighted by atomic mass is 10.0. The number of pyridine rings is 1. The van der Waals surface area contributed by atoms with Crippen molar-refractivity contribution in [1.29, 1.82) is 0 Å². The van der Waals surface area contributed by atoms with Gasteiger partial charge in [-0.25, -0.2) is 0 Å². The molecule has 0 radical (unpaired) electrons. The fourth-order valence-electron chi connectivity index (χ4n) is 2.90. The number of fused-ring (bicyclic) bond motifs is 1. The Kier molecular flexibility index (Phi) is 3.33. The number of ether oxygens (including phenoxy) is 1. The highest BCUT2D eigenvalue weighted by Crippen LogP contribution is 2.28. The van der Waals surface area contributed by atoms with Gasteiger partial charge in [0.05, 0.1) is 6.61 Å². The second-order valence-corrected chi connectivity index (χ2v) is 5.34. The van der Waals surface area contributed by atoms with Gasteiger partial charge in [0.15, 0.2) is 0 Å². The van der Waals surface area contributed by atoms with E-state index in [-0.39, 0.29) is 6.10 Å². The van der Waals surface area contributed by atoms with Crippen LogP contribution in [-0.4, -0.2) is 46.8 Å². The topological polar surface area (TPSA) is 45.6 Å². The quantitative estimate of drug-likeness (QED) is 0.856. The molecule has 3 atom stereocenters. The highest BCUT2D eigenvalue weighted by Gasteiger charge is 2.35. The van der Waals surface area contributed by atoms with Crippen molar-refractivity contribution in [1.82, 2.24) is 9.88 Å². The fraction of sp³-hybridized carbons (Fsp3) is 0.643. The van der Waals surface area contributed by atoms with Crippen molar-refractivity contribution < 1.29 is 9.84 Å². The summed E-state index contributed by atoms with van der Waals surface area (Å²) in [6, 6.07) is 4.44. The van der Waals surface area contributed by atoms with Gasteiger partial charge in [0.2, 0.25) is 0 Å². The molecule has 0 amide bonds. The smallest absolute Gasteiger partial charge is 0.108 e. The number of hydrogen-bond donors (Lipinski definition) is 1. The van der Waals surface area contributed by atoms with Gasteiger partial charge in [0.1, 0.15) is 12.2 Å². The summed E-state index contributed by atoms with van der Waals surface area (Å²) in [5.41, 5.74) is 1.82. The van der Waals surface area contributed by atoms with Crippen LogP contribution >= 0.6 is 0 Å². The van der Waals surface area contributed by atoms with E-state index in [1.807, 2.05) is 19.1 Å². The lowest BCUT2D eigenvalue weighted by Gasteiger charge is -2.37. The van der Waals surface area contributed by atoms with Crippen LogP contribution in [0.1, 0.15) is 30.2 Å². The van der Waals surface area contributed by atoms with E-state index in [0.29, 0.717) is 6.04 Å². The summed E-state index contributed by atoms with van der Waals surface area (Å²) in [7, 11) is 0. The van der Waals surface area contributed by atoms with Gasteiger partial charge < -0.3 is 9.84 Å². The van der Waals surface area contributed by atoms with E-state index in [4.69, 9.17) is 4.74 Å². The van der Waals surface area contributed by atoms with E-state index >= 15 is 0 Å². The van der Waals surface area contributed by atoms with E-state index in [1.54, 1.807) is 6.20 Å². The normalized spacial score (nSPS) is 30.1. The van der Waals surface area contributed by atoms with Crippen molar-refractivity contribution in [2.75, 3.05) is 19.7 Å². The lowest BCUT2D eigenvalue weighted by molar-refractivity contribution is -0.103. The van der Waals surface area contributed by atoms with E-state index in [9.17, 15) is 5.11 Å². The van der Waals surface area contributed by atoms with Gasteiger partial charge in [-0.1, -0.05) is 6.07 Å². The van der Waals surface area contributed by atoms with Crippen LogP contribution in [0.4, 0.5) is 0 Å². The molecule has 0 aliphatic carbocycles. The highest BCUT2D eigenvalue weighted by atomic mass is 16.5. The Morgan fingerprint density at radius 2 is 2.39 bits per heavy atom. The SMILES string of the molecule is Cc1ccc(C(O)C2CN3CCCC3CO2)cn1. The molecule has 3 unspecified atom stereocenters. The average molecular weight is 248 g/mol. The Bertz CT molecular complexity index is 407. The molecule has 1 aromatic heterocycles. The maximum Gasteiger partial charge on any atom is 0.108 e. The largest absolute Gasteiger partial charge is 0.386 e. The van der Waals surface area contributed by atoms with Crippen LogP contribution in [0.3, 0.4) is 0 Å². The minimum absolute atomic E-state index is 0.121. The van der Waals surface area contributed by atoms with Gasteiger partial charge in [0.25, 0.3) is 0 Å². The monoisotopic (exact) mass is 248 g/mol. The Labute approximate surface area is 108 Å². The second-order valence-electron chi connectivity index (χ2n) is 5.34. The zero-order valence-corrected chi connectivity index (χ0v) is 10.7. The summed E-state index contributed by atoms with van der Waals surface area (Å²) in [6.07, 6.45) is 3.54. The minimum Gasteiger partial charge on any atom is -0.386 e. The van der Waals surface area contributed by atoms with E-state index in [2.05, 4.69) is 9.88 Å². The third-order valence-corrected chi connectivity index (χ3v) is 4.04. The van der Waals surface area contributed by atoms with Crippen LogP contribution in [0.25, 0.3) is 0 Å². The van der Waals surface area contributed by atoms with Gasteiger partial charge in [0, 0.05) is 30.0 Å². The first-order valence-corrected chi connectivity index (χ1v) is 6.70. The van der Waals surface area contributed by atoms with Crippen LogP contribution in [0.2, 0.25) is 0 Å². The van der Waals surface area contributed by atoms with Crippen molar-refractivity contribution in [3.8, 4) is 0 Å². The molecule has 0 spiro atoms. The first-order chi connectivity index (χ1) is 8.74. The molecule has 3 rings (SSSR count). The summed E-state index contributed by atoms with van der Waals surface area (Å²) in [4.78, 5) is 6.68. The number of aliphatic hydroxyl groups excluding tert-OH is 1. The average Bonchev–Trinajstić information content (AvgIpc) is 2.86. The first-order valence-electron chi connectivity index (χ1n) is 6.70. The summed E-state index contributed by atoms with van der Waals surface area (Å²) in [6.45, 7) is 4.67. The van der Waals surface area contributed by atoms with Crippen molar-refractivity contribution in [2.24, 2.45) is 0 Å².